The quantitative estimate of drug-likeness (QED) is 0.778. The Morgan fingerprint density at radius 3 is 2.82 bits per heavy atom. The summed E-state index contributed by atoms with van der Waals surface area (Å²) in [6.07, 6.45) is 2.00. The van der Waals surface area contributed by atoms with Crippen molar-refractivity contribution in [2.75, 3.05) is 11.9 Å². The SMILES string of the molecule is O=C(c1cccc(Cl)c1F)N(CCBr)C1CC1. The maximum atomic E-state index is 13.7. The Morgan fingerprint density at radius 1 is 1.53 bits per heavy atom. The third kappa shape index (κ3) is 2.80. The predicted octanol–water partition coefficient (Wildman–Crippen LogP) is 3.48. The Bertz CT molecular complexity index is 437. The second kappa shape index (κ2) is 5.36. The van der Waals surface area contributed by atoms with Gasteiger partial charge in [0.05, 0.1) is 10.6 Å². The number of alkyl halides is 1. The number of carbonyl (C=O) groups is 1. The Hall–Kier alpha value is -0.610. The van der Waals surface area contributed by atoms with Crippen LogP contribution in [-0.4, -0.2) is 28.7 Å². The summed E-state index contributed by atoms with van der Waals surface area (Å²) in [5, 5.41) is 0.683. The smallest absolute Gasteiger partial charge is 0.257 e. The van der Waals surface area contributed by atoms with Gasteiger partial charge in [-0.15, -0.1) is 0 Å². The minimum atomic E-state index is -0.626. The number of benzene rings is 1. The Morgan fingerprint density at radius 2 is 2.24 bits per heavy atom. The lowest BCUT2D eigenvalue weighted by atomic mass is 10.2. The molecular formula is C12H12BrClFNO. The third-order valence-electron chi connectivity index (χ3n) is 2.76. The van der Waals surface area contributed by atoms with E-state index in [1.807, 2.05) is 0 Å². The fraction of sp³-hybridized carbons (Fsp3) is 0.417. The van der Waals surface area contributed by atoms with Gasteiger partial charge < -0.3 is 4.90 Å². The summed E-state index contributed by atoms with van der Waals surface area (Å²) in [7, 11) is 0. The zero-order valence-electron chi connectivity index (χ0n) is 9.13. The molecule has 0 aliphatic heterocycles. The van der Waals surface area contributed by atoms with Crippen molar-refractivity contribution in [3.8, 4) is 0 Å². The zero-order valence-corrected chi connectivity index (χ0v) is 11.5. The van der Waals surface area contributed by atoms with Crippen LogP contribution in [0.5, 0.6) is 0 Å². The molecule has 0 aromatic heterocycles. The first kappa shape index (κ1) is 12.8. The molecule has 1 aliphatic rings. The van der Waals surface area contributed by atoms with E-state index in [-0.39, 0.29) is 22.5 Å². The molecule has 0 radical (unpaired) electrons. The standard InChI is InChI=1S/C12H12BrClFNO/c13-6-7-16(8-4-5-8)12(17)9-2-1-3-10(14)11(9)15/h1-3,8H,4-7H2. The fourth-order valence-corrected chi connectivity index (χ4v) is 2.31. The maximum absolute atomic E-state index is 13.7. The normalized spacial score (nSPS) is 14.8. The van der Waals surface area contributed by atoms with Crippen LogP contribution in [0.4, 0.5) is 4.39 Å². The van der Waals surface area contributed by atoms with Crippen LogP contribution in [0.1, 0.15) is 23.2 Å². The molecule has 1 saturated carbocycles. The van der Waals surface area contributed by atoms with Gasteiger partial charge in [0.2, 0.25) is 0 Å². The highest BCUT2D eigenvalue weighted by Crippen LogP contribution is 2.29. The molecule has 0 atom stereocenters. The number of carbonyl (C=O) groups excluding carboxylic acids is 1. The third-order valence-corrected chi connectivity index (χ3v) is 3.40. The van der Waals surface area contributed by atoms with Gasteiger partial charge in [0.1, 0.15) is 0 Å². The highest BCUT2D eigenvalue weighted by molar-refractivity contribution is 9.09. The van der Waals surface area contributed by atoms with Gasteiger partial charge >= 0.3 is 0 Å². The van der Waals surface area contributed by atoms with E-state index in [1.165, 1.54) is 12.1 Å². The average molecular weight is 321 g/mol. The van der Waals surface area contributed by atoms with E-state index in [0.29, 0.717) is 11.9 Å². The van der Waals surface area contributed by atoms with Crippen LogP contribution in [0.15, 0.2) is 18.2 Å². The Labute approximate surface area is 113 Å². The monoisotopic (exact) mass is 319 g/mol. The van der Waals surface area contributed by atoms with Gasteiger partial charge in [-0.3, -0.25) is 4.79 Å². The van der Waals surface area contributed by atoms with Crippen LogP contribution in [0.2, 0.25) is 5.02 Å². The highest BCUT2D eigenvalue weighted by atomic mass is 79.9. The van der Waals surface area contributed by atoms with Crippen molar-refractivity contribution >= 4 is 33.4 Å². The van der Waals surface area contributed by atoms with Gasteiger partial charge in [-0.05, 0) is 25.0 Å². The van der Waals surface area contributed by atoms with Crippen molar-refractivity contribution in [2.45, 2.75) is 18.9 Å². The molecule has 0 saturated heterocycles. The lowest BCUT2D eigenvalue weighted by Gasteiger charge is -2.21. The molecule has 0 spiro atoms. The molecule has 1 fully saturated rings. The van der Waals surface area contributed by atoms with Crippen molar-refractivity contribution in [2.24, 2.45) is 0 Å². The van der Waals surface area contributed by atoms with Gasteiger partial charge in [-0.25, -0.2) is 4.39 Å². The van der Waals surface area contributed by atoms with Crippen LogP contribution in [-0.2, 0) is 0 Å². The molecule has 2 nitrogen and oxygen atoms in total. The van der Waals surface area contributed by atoms with E-state index < -0.39 is 5.82 Å². The van der Waals surface area contributed by atoms with E-state index in [9.17, 15) is 9.18 Å². The largest absolute Gasteiger partial charge is 0.335 e. The van der Waals surface area contributed by atoms with Crippen molar-refractivity contribution in [1.29, 1.82) is 0 Å². The Balaban J connectivity index is 2.25. The van der Waals surface area contributed by atoms with Crippen LogP contribution in [0.3, 0.4) is 0 Å². The number of halogens is 3. The molecule has 1 aromatic carbocycles. The van der Waals surface area contributed by atoms with Crippen molar-refractivity contribution in [3.05, 3.63) is 34.6 Å². The molecule has 92 valence electrons. The highest BCUT2D eigenvalue weighted by Gasteiger charge is 2.33. The van der Waals surface area contributed by atoms with Gasteiger partial charge in [-0.2, -0.15) is 0 Å². The molecule has 5 heteroatoms. The lowest BCUT2D eigenvalue weighted by Crippen LogP contribution is -2.35. The van der Waals surface area contributed by atoms with E-state index >= 15 is 0 Å². The summed E-state index contributed by atoms with van der Waals surface area (Å²) < 4.78 is 13.7. The second-order valence-electron chi connectivity index (χ2n) is 4.02. The molecule has 17 heavy (non-hydrogen) atoms. The first-order valence-electron chi connectivity index (χ1n) is 5.46. The first-order valence-corrected chi connectivity index (χ1v) is 6.96. The van der Waals surface area contributed by atoms with Gasteiger partial charge in [0.25, 0.3) is 5.91 Å². The molecule has 2 rings (SSSR count). The summed E-state index contributed by atoms with van der Waals surface area (Å²) in [6.45, 7) is 0.593. The average Bonchev–Trinajstić information content (AvgIpc) is 3.13. The van der Waals surface area contributed by atoms with Crippen LogP contribution >= 0.6 is 27.5 Å². The molecule has 1 aromatic rings. The summed E-state index contributed by atoms with van der Waals surface area (Å²) in [5.41, 5.74) is 0.0605. The topological polar surface area (TPSA) is 20.3 Å². The molecule has 0 unspecified atom stereocenters. The minimum Gasteiger partial charge on any atom is -0.335 e. The Kier molecular flexibility index (Phi) is 4.05. The summed E-state index contributed by atoms with van der Waals surface area (Å²) in [4.78, 5) is 13.9. The molecular weight excluding hydrogens is 308 g/mol. The summed E-state index contributed by atoms with van der Waals surface area (Å²) in [6, 6.07) is 4.78. The lowest BCUT2D eigenvalue weighted by molar-refractivity contribution is 0.0750. The van der Waals surface area contributed by atoms with Gasteiger partial charge in [-0.1, -0.05) is 33.6 Å². The van der Waals surface area contributed by atoms with Crippen LogP contribution in [0, 0.1) is 5.82 Å². The van der Waals surface area contributed by atoms with Crippen LogP contribution in [0.25, 0.3) is 0 Å². The number of hydrogen-bond acceptors (Lipinski definition) is 1. The molecule has 0 bridgehead atoms. The number of rotatable bonds is 4. The van der Waals surface area contributed by atoms with Crippen molar-refractivity contribution in [1.82, 2.24) is 4.90 Å². The zero-order chi connectivity index (χ0) is 12.4. The first-order chi connectivity index (χ1) is 8.15. The molecule has 0 heterocycles. The minimum absolute atomic E-state index is 0.00885. The molecule has 0 N–H and O–H groups in total. The second-order valence-corrected chi connectivity index (χ2v) is 5.22. The van der Waals surface area contributed by atoms with Crippen molar-refractivity contribution < 1.29 is 9.18 Å². The van der Waals surface area contributed by atoms with Crippen molar-refractivity contribution in [3.63, 3.8) is 0 Å². The summed E-state index contributed by atoms with van der Waals surface area (Å²) in [5.74, 6) is -0.897. The van der Waals surface area contributed by atoms with Gasteiger partial charge in [0, 0.05) is 17.9 Å². The van der Waals surface area contributed by atoms with Crippen LogP contribution < -0.4 is 0 Å². The fourth-order valence-electron chi connectivity index (χ4n) is 1.75. The summed E-state index contributed by atoms with van der Waals surface area (Å²) >= 11 is 8.99. The number of nitrogens with zero attached hydrogens (tertiary/aromatic N) is 1. The van der Waals surface area contributed by atoms with E-state index in [2.05, 4.69) is 15.9 Å². The molecule has 1 amide bonds. The molecule has 1 aliphatic carbocycles. The predicted molar refractivity (Wildman–Crippen MR) is 69.3 cm³/mol. The number of hydrogen-bond donors (Lipinski definition) is 0. The number of amides is 1. The van der Waals surface area contributed by atoms with E-state index in [4.69, 9.17) is 11.6 Å². The maximum Gasteiger partial charge on any atom is 0.257 e. The van der Waals surface area contributed by atoms with E-state index in [1.54, 1.807) is 11.0 Å². The van der Waals surface area contributed by atoms with E-state index in [0.717, 1.165) is 12.8 Å². The van der Waals surface area contributed by atoms with Gasteiger partial charge in [0.15, 0.2) is 5.82 Å².